The third kappa shape index (κ3) is 1.01. The largest absolute Gasteiger partial charge is 0.489 e. The number of hydrogen-bond acceptors (Lipinski definition) is 2. The summed E-state index contributed by atoms with van der Waals surface area (Å²) in [5.74, 6) is 0.926. The SMILES string of the molecule is C1=CC2=c3c(cccc3=CCO2)C=N1. The lowest BCUT2D eigenvalue weighted by Crippen LogP contribution is -2.34. The smallest absolute Gasteiger partial charge is 0.129 e. The minimum atomic E-state index is 0.649. The van der Waals surface area contributed by atoms with Crippen LogP contribution in [0.2, 0.25) is 0 Å². The standard InChI is InChI=1S/C12H9NO/c1-2-9-5-7-14-11-4-6-13-8-10(3-1)12(9)11/h1-6,8H,7H2. The average Bonchev–Trinajstić information content (AvgIpc) is 2.44. The average molecular weight is 183 g/mol. The predicted octanol–water partition coefficient (Wildman–Crippen LogP) is 0.552. The molecule has 0 N–H and O–H groups in total. The highest BCUT2D eigenvalue weighted by Gasteiger charge is 2.06. The second-order valence-corrected chi connectivity index (χ2v) is 3.28. The predicted molar refractivity (Wildman–Crippen MR) is 56.3 cm³/mol. The molecule has 2 heterocycles. The van der Waals surface area contributed by atoms with Crippen molar-refractivity contribution in [2.45, 2.75) is 0 Å². The van der Waals surface area contributed by atoms with Crippen LogP contribution in [0.4, 0.5) is 0 Å². The van der Waals surface area contributed by atoms with Crippen molar-refractivity contribution >= 4 is 18.0 Å². The molecule has 0 aromatic heterocycles. The molecular weight excluding hydrogens is 174 g/mol. The Hall–Kier alpha value is -1.83. The highest BCUT2D eigenvalue weighted by molar-refractivity contribution is 5.83. The lowest BCUT2D eigenvalue weighted by atomic mass is 10.1. The van der Waals surface area contributed by atoms with Gasteiger partial charge in [0.2, 0.25) is 0 Å². The molecule has 0 saturated carbocycles. The minimum absolute atomic E-state index is 0.649. The third-order valence-electron chi connectivity index (χ3n) is 2.44. The summed E-state index contributed by atoms with van der Waals surface area (Å²) in [6, 6.07) is 6.21. The maximum absolute atomic E-state index is 5.56. The summed E-state index contributed by atoms with van der Waals surface area (Å²) in [6.07, 6.45) is 7.64. The van der Waals surface area contributed by atoms with E-state index in [2.05, 4.69) is 23.2 Å². The van der Waals surface area contributed by atoms with Gasteiger partial charge in [0.05, 0.1) is 0 Å². The van der Waals surface area contributed by atoms with Gasteiger partial charge in [0.1, 0.15) is 12.4 Å². The zero-order valence-electron chi connectivity index (χ0n) is 7.60. The van der Waals surface area contributed by atoms with Gasteiger partial charge in [0, 0.05) is 23.2 Å². The van der Waals surface area contributed by atoms with Crippen molar-refractivity contribution in [2.75, 3.05) is 6.61 Å². The van der Waals surface area contributed by atoms with E-state index in [1.165, 1.54) is 5.22 Å². The molecule has 0 unspecified atom stereocenters. The molecule has 3 rings (SSSR count). The molecule has 0 saturated heterocycles. The van der Waals surface area contributed by atoms with E-state index >= 15 is 0 Å². The Morgan fingerprint density at radius 2 is 2.29 bits per heavy atom. The van der Waals surface area contributed by atoms with Gasteiger partial charge in [-0.3, -0.25) is 4.99 Å². The van der Waals surface area contributed by atoms with Gasteiger partial charge in [0.15, 0.2) is 0 Å². The molecule has 0 radical (unpaired) electrons. The summed E-state index contributed by atoms with van der Waals surface area (Å²) >= 11 is 0. The van der Waals surface area contributed by atoms with Gasteiger partial charge in [-0.2, -0.15) is 0 Å². The van der Waals surface area contributed by atoms with Crippen LogP contribution in [0.1, 0.15) is 5.56 Å². The molecular formula is C12H9NO. The third-order valence-corrected chi connectivity index (χ3v) is 2.44. The fourth-order valence-corrected chi connectivity index (χ4v) is 1.81. The Morgan fingerprint density at radius 3 is 3.29 bits per heavy atom. The fraction of sp³-hybridized carbons (Fsp3) is 0.0833. The molecule has 0 fully saturated rings. The van der Waals surface area contributed by atoms with Crippen molar-refractivity contribution in [3.8, 4) is 0 Å². The van der Waals surface area contributed by atoms with Gasteiger partial charge in [-0.15, -0.1) is 0 Å². The van der Waals surface area contributed by atoms with E-state index in [4.69, 9.17) is 4.74 Å². The maximum atomic E-state index is 5.56. The Morgan fingerprint density at radius 1 is 1.29 bits per heavy atom. The van der Waals surface area contributed by atoms with Gasteiger partial charge in [-0.1, -0.05) is 18.2 Å². The van der Waals surface area contributed by atoms with E-state index in [-0.39, 0.29) is 0 Å². The fourth-order valence-electron chi connectivity index (χ4n) is 1.81. The Bertz CT molecular complexity index is 552. The number of hydrogen-bond donors (Lipinski definition) is 0. The summed E-state index contributed by atoms with van der Waals surface area (Å²) in [4.78, 5) is 4.16. The zero-order valence-corrected chi connectivity index (χ0v) is 7.60. The monoisotopic (exact) mass is 183 g/mol. The molecule has 68 valence electrons. The van der Waals surface area contributed by atoms with E-state index < -0.39 is 0 Å². The molecule has 0 spiro atoms. The van der Waals surface area contributed by atoms with E-state index in [1.54, 1.807) is 6.20 Å². The normalized spacial score (nSPS) is 16.7. The topological polar surface area (TPSA) is 21.6 Å². The minimum Gasteiger partial charge on any atom is -0.489 e. The van der Waals surface area contributed by atoms with Gasteiger partial charge >= 0.3 is 0 Å². The van der Waals surface area contributed by atoms with Gasteiger partial charge in [0.25, 0.3) is 0 Å². The van der Waals surface area contributed by atoms with Gasteiger partial charge in [-0.05, 0) is 17.4 Å². The van der Waals surface area contributed by atoms with E-state index in [0.29, 0.717) is 6.61 Å². The van der Waals surface area contributed by atoms with Crippen molar-refractivity contribution in [1.82, 2.24) is 0 Å². The van der Waals surface area contributed by atoms with Crippen LogP contribution in [0.25, 0.3) is 11.8 Å². The molecule has 2 aliphatic rings. The molecule has 2 nitrogen and oxygen atoms in total. The molecule has 2 heteroatoms. The summed E-state index contributed by atoms with van der Waals surface area (Å²) in [5, 5.41) is 2.40. The molecule has 0 bridgehead atoms. The van der Waals surface area contributed by atoms with Gasteiger partial charge in [-0.25, -0.2) is 0 Å². The summed E-state index contributed by atoms with van der Waals surface area (Å²) in [5.41, 5.74) is 1.12. The highest BCUT2D eigenvalue weighted by atomic mass is 16.5. The Balaban J connectivity index is 2.55. The molecule has 1 aromatic rings. The van der Waals surface area contributed by atoms with Crippen LogP contribution in [0.5, 0.6) is 0 Å². The zero-order chi connectivity index (χ0) is 9.38. The van der Waals surface area contributed by atoms with Crippen LogP contribution in [-0.4, -0.2) is 12.8 Å². The summed E-state index contributed by atoms with van der Waals surface area (Å²) < 4.78 is 5.56. The molecule has 0 atom stereocenters. The summed E-state index contributed by atoms with van der Waals surface area (Å²) in [7, 11) is 0. The Labute approximate surface area is 81.5 Å². The number of benzene rings is 1. The second kappa shape index (κ2) is 2.84. The first-order valence-corrected chi connectivity index (χ1v) is 4.61. The van der Waals surface area contributed by atoms with Crippen molar-refractivity contribution in [2.24, 2.45) is 4.99 Å². The van der Waals surface area contributed by atoms with Crippen LogP contribution in [-0.2, 0) is 4.74 Å². The van der Waals surface area contributed by atoms with Crippen molar-refractivity contribution in [3.63, 3.8) is 0 Å². The van der Waals surface area contributed by atoms with E-state index in [1.807, 2.05) is 18.4 Å². The molecule has 1 aromatic carbocycles. The van der Waals surface area contributed by atoms with E-state index in [9.17, 15) is 0 Å². The number of nitrogens with zero attached hydrogens (tertiary/aromatic N) is 1. The lowest BCUT2D eigenvalue weighted by molar-refractivity contribution is 0.326. The Kier molecular flexibility index (Phi) is 1.53. The van der Waals surface area contributed by atoms with Crippen molar-refractivity contribution in [1.29, 1.82) is 0 Å². The first kappa shape index (κ1) is 7.56. The van der Waals surface area contributed by atoms with Crippen molar-refractivity contribution < 1.29 is 4.74 Å². The highest BCUT2D eigenvalue weighted by Crippen LogP contribution is 2.05. The number of aliphatic imine (C=N–C) groups is 1. The van der Waals surface area contributed by atoms with Crippen LogP contribution in [0.15, 0.2) is 35.5 Å². The van der Waals surface area contributed by atoms with Crippen LogP contribution < -0.4 is 10.4 Å². The van der Waals surface area contributed by atoms with Crippen LogP contribution in [0.3, 0.4) is 0 Å². The van der Waals surface area contributed by atoms with Crippen LogP contribution >= 0.6 is 0 Å². The first-order chi connectivity index (χ1) is 6.95. The van der Waals surface area contributed by atoms with Crippen LogP contribution in [0, 0.1) is 0 Å². The van der Waals surface area contributed by atoms with Gasteiger partial charge < -0.3 is 4.74 Å². The summed E-state index contributed by atoms with van der Waals surface area (Å²) in [6.45, 7) is 0.649. The number of rotatable bonds is 0. The lowest BCUT2D eigenvalue weighted by Gasteiger charge is -2.10. The molecule has 0 aliphatic carbocycles. The maximum Gasteiger partial charge on any atom is 0.129 e. The molecule has 2 aliphatic heterocycles. The first-order valence-electron chi connectivity index (χ1n) is 4.61. The van der Waals surface area contributed by atoms with Crippen molar-refractivity contribution in [3.05, 3.63) is 46.5 Å². The second-order valence-electron chi connectivity index (χ2n) is 3.28. The molecule has 14 heavy (non-hydrogen) atoms. The molecule has 0 amide bonds. The number of ether oxygens (including phenoxy) is 1. The van der Waals surface area contributed by atoms with E-state index in [0.717, 1.165) is 16.5 Å². The quantitative estimate of drug-likeness (QED) is 0.575.